The average molecular weight is 395 g/mol. The number of fused-ring (bicyclic) bond motifs is 1. The molecule has 1 fully saturated rings. The summed E-state index contributed by atoms with van der Waals surface area (Å²) in [5.74, 6) is -1.78. The molecule has 1 amide bonds. The molecule has 1 aliphatic heterocycles. The lowest BCUT2D eigenvalue weighted by Gasteiger charge is -2.38. The zero-order valence-electron chi connectivity index (χ0n) is 14.4. The van der Waals surface area contributed by atoms with Gasteiger partial charge in [-0.15, -0.1) is 5.10 Å². The van der Waals surface area contributed by atoms with Crippen molar-refractivity contribution in [3.8, 4) is 0 Å². The molecule has 0 unspecified atom stereocenters. The summed E-state index contributed by atoms with van der Waals surface area (Å²) in [6, 6.07) is 2.35. The standard InChI is InChI=1S/C16H13F4N7O/c1-26-13-12(24-25-26)14(22-7-21-13)27-5-8(6-27)15(28)23-9-2-3-11(17)10(4-9)16(18,19)20/h2-4,7-8H,5-6H2,1H3,(H,23,28). The second kappa shape index (κ2) is 6.39. The summed E-state index contributed by atoms with van der Waals surface area (Å²) in [4.78, 5) is 22.4. The first kappa shape index (κ1) is 18.1. The zero-order valence-corrected chi connectivity index (χ0v) is 14.4. The molecule has 4 rings (SSSR count). The number of aryl methyl sites for hydroxylation is 1. The lowest BCUT2D eigenvalue weighted by Crippen LogP contribution is -2.52. The van der Waals surface area contributed by atoms with Crippen molar-refractivity contribution in [2.45, 2.75) is 6.18 Å². The summed E-state index contributed by atoms with van der Waals surface area (Å²) in [7, 11) is 1.69. The number of anilines is 2. The smallest absolute Gasteiger partial charge is 0.353 e. The molecular weight excluding hydrogens is 382 g/mol. The van der Waals surface area contributed by atoms with Gasteiger partial charge in [-0.3, -0.25) is 4.79 Å². The van der Waals surface area contributed by atoms with Crippen LogP contribution in [0.3, 0.4) is 0 Å². The number of hydrogen-bond acceptors (Lipinski definition) is 6. The van der Waals surface area contributed by atoms with Crippen LogP contribution in [0.4, 0.5) is 29.1 Å². The van der Waals surface area contributed by atoms with Gasteiger partial charge in [-0.25, -0.2) is 19.0 Å². The first-order chi connectivity index (χ1) is 13.2. The van der Waals surface area contributed by atoms with E-state index in [4.69, 9.17) is 0 Å². The van der Waals surface area contributed by atoms with Gasteiger partial charge < -0.3 is 10.2 Å². The third-order valence-corrected chi connectivity index (χ3v) is 4.46. The predicted octanol–water partition coefficient (Wildman–Crippen LogP) is 1.99. The summed E-state index contributed by atoms with van der Waals surface area (Å²) in [6.07, 6.45) is -3.47. The molecule has 1 aromatic carbocycles. The normalized spacial score (nSPS) is 15.0. The first-order valence-corrected chi connectivity index (χ1v) is 8.17. The van der Waals surface area contributed by atoms with E-state index in [0.717, 1.165) is 6.07 Å². The Bertz CT molecular complexity index is 1060. The van der Waals surface area contributed by atoms with Gasteiger partial charge >= 0.3 is 6.18 Å². The Morgan fingerprint density at radius 1 is 1.25 bits per heavy atom. The molecule has 146 valence electrons. The van der Waals surface area contributed by atoms with Crippen molar-refractivity contribution in [2.24, 2.45) is 13.0 Å². The van der Waals surface area contributed by atoms with E-state index >= 15 is 0 Å². The van der Waals surface area contributed by atoms with Gasteiger partial charge in [-0.1, -0.05) is 5.21 Å². The minimum Gasteiger partial charge on any atom is -0.353 e. The number of hydrogen-bond donors (Lipinski definition) is 1. The van der Waals surface area contributed by atoms with Gasteiger partial charge in [0, 0.05) is 25.8 Å². The number of benzene rings is 1. The number of nitrogens with one attached hydrogen (secondary N) is 1. The Morgan fingerprint density at radius 3 is 2.71 bits per heavy atom. The Morgan fingerprint density at radius 2 is 2.00 bits per heavy atom. The van der Waals surface area contributed by atoms with Crippen molar-refractivity contribution >= 4 is 28.6 Å². The maximum Gasteiger partial charge on any atom is 0.419 e. The monoisotopic (exact) mass is 395 g/mol. The average Bonchev–Trinajstić information content (AvgIpc) is 2.96. The van der Waals surface area contributed by atoms with Crippen LogP contribution in [0, 0.1) is 11.7 Å². The van der Waals surface area contributed by atoms with Crippen molar-refractivity contribution in [3.63, 3.8) is 0 Å². The molecule has 28 heavy (non-hydrogen) atoms. The van der Waals surface area contributed by atoms with Crippen molar-refractivity contribution in [3.05, 3.63) is 35.9 Å². The van der Waals surface area contributed by atoms with Crippen LogP contribution in [0.1, 0.15) is 5.56 Å². The zero-order chi connectivity index (χ0) is 20.1. The minimum absolute atomic E-state index is 0.115. The van der Waals surface area contributed by atoms with Gasteiger partial charge in [-0.05, 0) is 18.2 Å². The summed E-state index contributed by atoms with van der Waals surface area (Å²) < 4.78 is 53.2. The molecule has 0 radical (unpaired) electrons. The molecular formula is C16H13F4N7O. The van der Waals surface area contributed by atoms with Crippen LogP contribution in [-0.2, 0) is 18.0 Å². The van der Waals surface area contributed by atoms with Crippen LogP contribution in [0.25, 0.3) is 11.2 Å². The number of carbonyl (C=O) groups excluding carboxylic acids is 1. The maximum atomic E-state index is 13.3. The van der Waals surface area contributed by atoms with Gasteiger partial charge in [0.15, 0.2) is 17.0 Å². The quantitative estimate of drug-likeness (QED) is 0.683. The molecule has 0 aliphatic carbocycles. The van der Waals surface area contributed by atoms with E-state index in [9.17, 15) is 22.4 Å². The molecule has 0 saturated carbocycles. The fourth-order valence-corrected chi connectivity index (χ4v) is 2.95. The highest BCUT2D eigenvalue weighted by molar-refractivity contribution is 5.95. The molecule has 1 aliphatic rings. The SMILES string of the molecule is Cn1nnc2c(N3CC(C(=O)Nc4ccc(F)c(C(F)(F)F)c4)C3)ncnc21. The summed E-state index contributed by atoms with van der Waals surface area (Å²) >= 11 is 0. The minimum atomic E-state index is -4.84. The fourth-order valence-electron chi connectivity index (χ4n) is 2.95. The van der Waals surface area contributed by atoms with Crippen LogP contribution < -0.4 is 10.2 Å². The van der Waals surface area contributed by atoms with Crippen molar-refractivity contribution in [1.82, 2.24) is 25.0 Å². The molecule has 1 N–H and O–H groups in total. The second-order valence-corrected chi connectivity index (χ2v) is 6.37. The van der Waals surface area contributed by atoms with Gasteiger partial charge in [0.2, 0.25) is 5.91 Å². The molecule has 3 heterocycles. The molecule has 0 bridgehead atoms. The largest absolute Gasteiger partial charge is 0.419 e. The van der Waals surface area contributed by atoms with E-state index in [1.54, 1.807) is 11.9 Å². The molecule has 0 spiro atoms. The summed E-state index contributed by atoms with van der Waals surface area (Å²) in [6.45, 7) is 0.615. The fraction of sp³-hybridized carbons (Fsp3) is 0.312. The van der Waals surface area contributed by atoms with Gasteiger partial charge in [0.25, 0.3) is 0 Å². The number of amides is 1. The highest BCUT2D eigenvalue weighted by Crippen LogP contribution is 2.33. The highest BCUT2D eigenvalue weighted by Gasteiger charge is 2.37. The number of aromatic nitrogens is 5. The van der Waals surface area contributed by atoms with Gasteiger partial charge in [0.05, 0.1) is 11.5 Å². The molecule has 0 atom stereocenters. The Kier molecular flexibility index (Phi) is 4.12. The van der Waals surface area contributed by atoms with Crippen molar-refractivity contribution in [2.75, 3.05) is 23.3 Å². The summed E-state index contributed by atoms with van der Waals surface area (Å²) in [5, 5.41) is 10.3. The third-order valence-electron chi connectivity index (χ3n) is 4.46. The second-order valence-electron chi connectivity index (χ2n) is 6.37. The topological polar surface area (TPSA) is 88.8 Å². The molecule has 1 saturated heterocycles. The van der Waals surface area contributed by atoms with Crippen LogP contribution >= 0.6 is 0 Å². The van der Waals surface area contributed by atoms with E-state index < -0.39 is 29.4 Å². The summed E-state index contributed by atoms with van der Waals surface area (Å²) in [5.41, 5.74) is -0.497. The maximum absolute atomic E-state index is 13.3. The Hall–Kier alpha value is -3.31. The Balaban J connectivity index is 1.44. The first-order valence-electron chi connectivity index (χ1n) is 8.17. The van der Waals surface area contributed by atoms with Crippen molar-refractivity contribution < 1.29 is 22.4 Å². The molecule has 3 aromatic rings. The highest BCUT2D eigenvalue weighted by atomic mass is 19.4. The van der Waals surface area contributed by atoms with Crippen LogP contribution in [0.5, 0.6) is 0 Å². The number of halogens is 4. The van der Waals surface area contributed by atoms with E-state index in [1.807, 2.05) is 0 Å². The molecule has 2 aromatic heterocycles. The van der Waals surface area contributed by atoms with E-state index in [0.29, 0.717) is 42.2 Å². The lowest BCUT2D eigenvalue weighted by atomic mass is 9.99. The number of rotatable bonds is 3. The van der Waals surface area contributed by atoms with Crippen LogP contribution in [0.2, 0.25) is 0 Å². The van der Waals surface area contributed by atoms with E-state index in [-0.39, 0.29) is 5.69 Å². The van der Waals surface area contributed by atoms with E-state index in [2.05, 4.69) is 25.6 Å². The van der Waals surface area contributed by atoms with Gasteiger partial charge in [0.1, 0.15) is 12.1 Å². The van der Waals surface area contributed by atoms with Crippen LogP contribution in [-0.4, -0.2) is 44.0 Å². The van der Waals surface area contributed by atoms with Crippen molar-refractivity contribution in [1.29, 1.82) is 0 Å². The molecule has 8 nitrogen and oxygen atoms in total. The van der Waals surface area contributed by atoms with Gasteiger partial charge in [-0.2, -0.15) is 13.2 Å². The Labute approximate surface area is 155 Å². The third kappa shape index (κ3) is 3.10. The lowest BCUT2D eigenvalue weighted by molar-refractivity contribution is -0.140. The van der Waals surface area contributed by atoms with E-state index in [1.165, 1.54) is 11.0 Å². The number of carbonyl (C=O) groups is 1. The number of nitrogens with zero attached hydrogens (tertiary/aromatic N) is 6. The number of alkyl halides is 3. The predicted molar refractivity (Wildman–Crippen MR) is 89.8 cm³/mol. The van der Waals surface area contributed by atoms with Crippen LogP contribution in [0.15, 0.2) is 24.5 Å². The molecule has 12 heteroatoms.